The normalized spacial score (nSPS) is 11.6. The first kappa shape index (κ1) is 18.2. The smallest absolute Gasteiger partial charge is 0.385 e. The van der Waals surface area contributed by atoms with Gasteiger partial charge in [-0.25, -0.2) is 0 Å². The average molecular weight is 311 g/mol. The topological polar surface area (TPSA) is 39.7 Å². The van der Waals surface area contributed by atoms with E-state index >= 15 is 0 Å². The van der Waals surface area contributed by atoms with Gasteiger partial charge in [0.25, 0.3) is 0 Å². The van der Waals surface area contributed by atoms with Crippen molar-refractivity contribution in [1.29, 1.82) is 0 Å². The third-order valence-corrected chi connectivity index (χ3v) is 6.28. The third-order valence-electron chi connectivity index (χ3n) is 3.13. The first-order chi connectivity index (χ1) is 10.2. The minimum Gasteiger partial charge on any atom is -0.385 e. The van der Waals surface area contributed by atoms with E-state index < -0.39 is 8.80 Å². The quantitative estimate of drug-likeness (QED) is 0.498. The number of anilines is 1. The van der Waals surface area contributed by atoms with Crippen LogP contribution in [0.2, 0.25) is 6.04 Å². The average Bonchev–Trinajstić information content (AvgIpc) is 2.46. The monoisotopic (exact) mass is 311 g/mol. The number of benzene rings is 1. The fourth-order valence-electron chi connectivity index (χ4n) is 2.21. The van der Waals surface area contributed by atoms with Crippen molar-refractivity contribution in [1.82, 2.24) is 0 Å². The summed E-state index contributed by atoms with van der Waals surface area (Å²) in [5.74, 6) is 0. The number of nitrogens with one attached hydrogen (secondary N) is 1. The fraction of sp³-hybridized carbons (Fsp3) is 0.625. The van der Waals surface area contributed by atoms with E-state index in [9.17, 15) is 0 Å². The molecule has 0 unspecified atom stereocenters. The summed E-state index contributed by atoms with van der Waals surface area (Å²) < 4.78 is 17.5. The Morgan fingerprint density at radius 3 is 1.90 bits per heavy atom. The number of hydrogen-bond acceptors (Lipinski definition) is 4. The van der Waals surface area contributed by atoms with Gasteiger partial charge >= 0.3 is 8.80 Å². The molecule has 1 aromatic rings. The van der Waals surface area contributed by atoms with E-state index in [2.05, 4.69) is 36.5 Å². The highest BCUT2D eigenvalue weighted by molar-refractivity contribution is 6.60. The highest BCUT2D eigenvalue weighted by Gasteiger charge is 2.39. The van der Waals surface area contributed by atoms with Crippen LogP contribution in [-0.4, -0.2) is 35.2 Å². The highest BCUT2D eigenvalue weighted by Crippen LogP contribution is 2.18. The predicted molar refractivity (Wildman–Crippen MR) is 89.7 cm³/mol. The summed E-state index contributed by atoms with van der Waals surface area (Å²) in [5, 5.41) is 3.43. The zero-order valence-electron chi connectivity index (χ0n) is 13.8. The lowest BCUT2D eigenvalue weighted by Crippen LogP contribution is -2.46. The molecule has 1 aromatic carbocycles. The molecule has 0 fully saturated rings. The molecule has 0 bridgehead atoms. The maximum absolute atomic E-state index is 5.85. The van der Waals surface area contributed by atoms with Gasteiger partial charge in [-0.1, -0.05) is 17.7 Å². The van der Waals surface area contributed by atoms with E-state index in [1.807, 2.05) is 20.8 Å². The van der Waals surface area contributed by atoms with E-state index in [1.54, 1.807) is 0 Å². The van der Waals surface area contributed by atoms with Gasteiger partial charge in [-0.3, -0.25) is 0 Å². The van der Waals surface area contributed by atoms with Crippen molar-refractivity contribution >= 4 is 14.5 Å². The largest absolute Gasteiger partial charge is 0.500 e. The van der Waals surface area contributed by atoms with Crippen molar-refractivity contribution in [2.75, 3.05) is 31.7 Å². The summed E-state index contributed by atoms with van der Waals surface area (Å²) in [7, 11) is -2.48. The molecule has 0 aliphatic carbocycles. The number of aryl methyl sites for hydroxylation is 1. The van der Waals surface area contributed by atoms with Crippen LogP contribution in [0.15, 0.2) is 24.3 Å². The number of rotatable bonds is 11. The summed E-state index contributed by atoms with van der Waals surface area (Å²) in [6, 6.07) is 9.28. The van der Waals surface area contributed by atoms with Crippen LogP contribution in [0.4, 0.5) is 5.69 Å². The van der Waals surface area contributed by atoms with Gasteiger partial charge in [-0.05, 0) is 46.2 Å². The van der Waals surface area contributed by atoms with E-state index in [0.29, 0.717) is 19.8 Å². The molecule has 21 heavy (non-hydrogen) atoms. The predicted octanol–water partition coefficient (Wildman–Crippen LogP) is 3.85. The van der Waals surface area contributed by atoms with E-state index in [4.69, 9.17) is 13.3 Å². The van der Waals surface area contributed by atoms with Crippen molar-refractivity contribution in [3.05, 3.63) is 29.8 Å². The Labute approximate surface area is 130 Å². The zero-order valence-corrected chi connectivity index (χ0v) is 14.8. The molecular formula is C16H29NO3Si. The van der Waals surface area contributed by atoms with E-state index in [-0.39, 0.29) is 0 Å². The van der Waals surface area contributed by atoms with Gasteiger partial charge in [0.05, 0.1) is 0 Å². The van der Waals surface area contributed by atoms with Gasteiger partial charge in [0.1, 0.15) is 0 Å². The molecule has 0 atom stereocenters. The summed E-state index contributed by atoms with van der Waals surface area (Å²) in [4.78, 5) is 0. The summed E-state index contributed by atoms with van der Waals surface area (Å²) in [6.07, 6.45) is 0.972. The second-order valence-electron chi connectivity index (χ2n) is 4.88. The van der Waals surface area contributed by atoms with Crippen molar-refractivity contribution in [3.8, 4) is 0 Å². The van der Waals surface area contributed by atoms with E-state index in [0.717, 1.165) is 24.7 Å². The lowest BCUT2D eigenvalue weighted by Gasteiger charge is -2.28. The lowest BCUT2D eigenvalue weighted by atomic mass is 10.2. The first-order valence-corrected chi connectivity index (χ1v) is 9.81. The maximum atomic E-state index is 5.85. The molecular weight excluding hydrogens is 282 g/mol. The molecule has 0 saturated carbocycles. The van der Waals surface area contributed by atoms with Gasteiger partial charge in [-0.2, -0.15) is 0 Å². The van der Waals surface area contributed by atoms with Crippen LogP contribution in [0.25, 0.3) is 0 Å². The second kappa shape index (κ2) is 9.95. The molecule has 0 aromatic heterocycles. The third kappa shape index (κ3) is 6.61. The van der Waals surface area contributed by atoms with Gasteiger partial charge in [-0.15, -0.1) is 0 Å². The summed E-state index contributed by atoms with van der Waals surface area (Å²) >= 11 is 0. The van der Waals surface area contributed by atoms with Crippen molar-refractivity contribution in [2.24, 2.45) is 0 Å². The summed E-state index contributed by atoms with van der Waals surface area (Å²) in [6.45, 7) is 10.9. The van der Waals surface area contributed by atoms with Crippen LogP contribution in [0.1, 0.15) is 32.8 Å². The molecule has 0 radical (unpaired) electrons. The van der Waals surface area contributed by atoms with Crippen molar-refractivity contribution in [2.45, 2.75) is 40.2 Å². The molecule has 0 spiro atoms. The molecule has 0 aliphatic rings. The highest BCUT2D eigenvalue weighted by atomic mass is 28.4. The molecule has 0 heterocycles. The van der Waals surface area contributed by atoms with Crippen molar-refractivity contribution in [3.63, 3.8) is 0 Å². The Morgan fingerprint density at radius 1 is 0.905 bits per heavy atom. The Hall–Kier alpha value is -0.883. The Morgan fingerprint density at radius 2 is 1.43 bits per heavy atom. The van der Waals surface area contributed by atoms with Crippen LogP contribution in [0, 0.1) is 6.92 Å². The Bertz CT molecular complexity index is 367. The molecule has 0 aliphatic heterocycles. The minimum atomic E-state index is -2.48. The second-order valence-corrected chi connectivity index (χ2v) is 7.61. The minimum absolute atomic E-state index is 0.637. The molecule has 1 rings (SSSR count). The van der Waals surface area contributed by atoms with Crippen molar-refractivity contribution < 1.29 is 13.3 Å². The Kier molecular flexibility index (Phi) is 8.60. The molecule has 0 amide bonds. The molecule has 5 heteroatoms. The SMILES string of the molecule is CCO[Si](CCCNc1ccc(C)cc1)(OCC)OCC. The van der Waals surface area contributed by atoms with Gasteiger partial charge in [0, 0.05) is 38.1 Å². The number of hydrogen-bond donors (Lipinski definition) is 1. The fourth-order valence-corrected chi connectivity index (χ4v) is 4.82. The molecule has 1 N–H and O–H groups in total. The molecule has 120 valence electrons. The van der Waals surface area contributed by atoms with Crippen LogP contribution in [0.5, 0.6) is 0 Å². The van der Waals surface area contributed by atoms with Crippen LogP contribution in [0.3, 0.4) is 0 Å². The lowest BCUT2D eigenvalue weighted by molar-refractivity contribution is 0.0710. The first-order valence-electron chi connectivity index (χ1n) is 7.88. The molecule has 4 nitrogen and oxygen atoms in total. The summed E-state index contributed by atoms with van der Waals surface area (Å²) in [5.41, 5.74) is 2.42. The van der Waals surface area contributed by atoms with Gasteiger partial charge in [0.15, 0.2) is 0 Å². The molecule has 0 saturated heterocycles. The van der Waals surface area contributed by atoms with E-state index in [1.165, 1.54) is 5.56 Å². The zero-order chi connectivity index (χ0) is 15.6. The van der Waals surface area contributed by atoms with Gasteiger partial charge in [0.2, 0.25) is 0 Å². The standard InChI is InChI=1S/C16H29NO3Si/c1-5-18-21(19-6-2,20-7-3)14-8-13-17-16-11-9-15(4)10-12-16/h9-12,17H,5-8,13-14H2,1-4H3. The Balaban J connectivity index is 2.43. The van der Waals surface area contributed by atoms with Crippen LogP contribution < -0.4 is 5.32 Å². The van der Waals surface area contributed by atoms with Crippen LogP contribution in [-0.2, 0) is 13.3 Å². The maximum Gasteiger partial charge on any atom is 0.500 e. The van der Waals surface area contributed by atoms with Gasteiger partial charge < -0.3 is 18.6 Å². The van der Waals surface area contributed by atoms with Crippen LogP contribution >= 0.6 is 0 Å².